The maximum atomic E-state index is 13.7. The van der Waals surface area contributed by atoms with Crippen molar-refractivity contribution in [3.8, 4) is 5.75 Å². The Bertz CT molecular complexity index is 1510. The molecule has 4 aromatic rings. The predicted octanol–water partition coefficient (Wildman–Crippen LogP) is 7.03. The van der Waals surface area contributed by atoms with Gasteiger partial charge >= 0.3 is 0 Å². The Morgan fingerprint density at radius 2 is 1.91 bits per heavy atom. The molecule has 0 saturated heterocycles. The zero-order valence-corrected chi connectivity index (χ0v) is 20.8. The number of aliphatic hydroxyl groups excluding tert-OH is 1. The Balaban J connectivity index is 1.66. The molecule has 1 amide bonds. The number of carbonyl (C=O) groups is 2. The van der Waals surface area contributed by atoms with Gasteiger partial charge in [-0.05, 0) is 67.1 Å². The summed E-state index contributed by atoms with van der Waals surface area (Å²) in [7, 11) is 0. The van der Waals surface area contributed by atoms with E-state index in [0.717, 1.165) is 4.47 Å². The van der Waals surface area contributed by atoms with Crippen LogP contribution in [0.3, 0.4) is 0 Å². The molecule has 0 saturated carbocycles. The fourth-order valence-corrected chi connectivity index (χ4v) is 4.81. The molecule has 1 atom stereocenters. The van der Waals surface area contributed by atoms with Gasteiger partial charge in [0.15, 0.2) is 11.5 Å². The van der Waals surface area contributed by atoms with Crippen LogP contribution in [0.4, 0.5) is 5.69 Å². The van der Waals surface area contributed by atoms with Gasteiger partial charge in [-0.3, -0.25) is 14.5 Å². The number of Topliss-reactive ketones (excluding diaryl/α,β-unsaturated/α-hetero) is 1. The molecule has 0 spiro atoms. The molecule has 176 valence electrons. The monoisotopic (exact) mass is 551 g/mol. The quantitative estimate of drug-likeness (QED) is 0.260. The molecule has 1 aliphatic rings. The van der Waals surface area contributed by atoms with Crippen molar-refractivity contribution in [1.82, 2.24) is 0 Å². The smallest absolute Gasteiger partial charge is 0.294 e. The van der Waals surface area contributed by atoms with Crippen molar-refractivity contribution in [2.45, 2.75) is 13.0 Å². The van der Waals surface area contributed by atoms with Crippen LogP contribution >= 0.6 is 27.5 Å². The molecule has 0 bridgehead atoms. The number of halogens is 2. The van der Waals surface area contributed by atoms with E-state index in [-0.39, 0.29) is 11.3 Å². The molecule has 0 aliphatic carbocycles. The van der Waals surface area contributed by atoms with E-state index in [1.165, 1.54) is 4.90 Å². The number of nitrogens with zero attached hydrogens (tertiary/aromatic N) is 1. The maximum Gasteiger partial charge on any atom is 0.294 e. The average molecular weight is 553 g/mol. The van der Waals surface area contributed by atoms with Gasteiger partial charge in [0, 0.05) is 20.6 Å². The van der Waals surface area contributed by atoms with E-state index in [2.05, 4.69) is 15.9 Å². The number of hydrogen-bond donors (Lipinski definition) is 1. The Labute approximate surface area is 214 Å². The van der Waals surface area contributed by atoms with E-state index >= 15 is 0 Å². The van der Waals surface area contributed by atoms with Crippen LogP contribution in [0.5, 0.6) is 5.75 Å². The fourth-order valence-electron chi connectivity index (χ4n) is 4.24. The second-order valence-corrected chi connectivity index (χ2v) is 9.30. The highest BCUT2D eigenvalue weighted by Gasteiger charge is 2.45. The first-order valence-electron chi connectivity index (χ1n) is 10.9. The fraction of sp³-hybridized carbons (Fsp3) is 0.111. The van der Waals surface area contributed by atoms with Gasteiger partial charge < -0.3 is 14.3 Å². The molecule has 1 N–H and O–H groups in total. The van der Waals surface area contributed by atoms with E-state index in [9.17, 15) is 14.7 Å². The number of ether oxygens (including phenoxy) is 1. The molecule has 35 heavy (non-hydrogen) atoms. The Hall–Kier alpha value is -3.55. The average Bonchev–Trinajstić information content (AvgIpc) is 3.37. The molecule has 0 fully saturated rings. The molecule has 1 unspecified atom stereocenters. The molecule has 3 aromatic carbocycles. The van der Waals surface area contributed by atoms with Gasteiger partial charge in [-0.2, -0.15) is 0 Å². The number of benzene rings is 3. The van der Waals surface area contributed by atoms with Crippen molar-refractivity contribution in [2.24, 2.45) is 0 Å². The van der Waals surface area contributed by atoms with E-state index in [0.29, 0.717) is 39.6 Å². The summed E-state index contributed by atoms with van der Waals surface area (Å²) in [6.07, 6.45) is 0. The van der Waals surface area contributed by atoms with Crippen LogP contribution in [0.25, 0.3) is 11.0 Å². The van der Waals surface area contributed by atoms with Crippen LogP contribution in [0.2, 0.25) is 5.02 Å². The molecule has 1 aliphatic heterocycles. The highest BCUT2D eigenvalue weighted by molar-refractivity contribution is 9.10. The minimum atomic E-state index is -0.922. The first kappa shape index (κ1) is 23.2. The molecular formula is C27H19BrClNO5. The minimum absolute atomic E-state index is 0.0198. The van der Waals surface area contributed by atoms with Gasteiger partial charge in [0.25, 0.3) is 5.91 Å². The summed E-state index contributed by atoms with van der Waals surface area (Å²) < 4.78 is 12.3. The topological polar surface area (TPSA) is 80.0 Å². The molecule has 1 aromatic heterocycles. The van der Waals surface area contributed by atoms with Gasteiger partial charge in [-0.25, -0.2) is 0 Å². The van der Waals surface area contributed by atoms with Crippen LogP contribution in [0.1, 0.15) is 29.1 Å². The van der Waals surface area contributed by atoms with Gasteiger partial charge in [0.05, 0.1) is 18.2 Å². The number of ketones is 1. The lowest BCUT2D eigenvalue weighted by Gasteiger charge is -2.27. The Kier molecular flexibility index (Phi) is 6.13. The second kappa shape index (κ2) is 9.24. The molecule has 2 heterocycles. The molecule has 8 heteroatoms. The number of aliphatic hydroxyl groups is 1. The number of carbonyl (C=O) groups excluding carboxylic acids is 2. The summed E-state index contributed by atoms with van der Waals surface area (Å²) in [4.78, 5) is 28.4. The number of fused-ring (bicyclic) bond motifs is 1. The highest BCUT2D eigenvalue weighted by Crippen LogP contribution is 2.43. The van der Waals surface area contributed by atoms with Crippen LogP contribution in [0, 0.1) is 0 Å². The largest absolute Gasteiger partial charge is 0.503 e. The molecule has 5 rings (SSSR count). The third-order valence-electron chi connectivity index (χ3n) is 5.73. The summed E-state index contributed by atoms with van der Waals surface area (Å²) in [6, 6.07) is 19.8. The van der Waals surface area contributed by atoms with Crippen LogP contribution in [-0.4, -0.2) is 23.4 Å². The summed E-state index contributed by atoms with van der Waals surface area (Å²) in [5, 5.41) is 12.1. The lowest BCUT2D eigenvalue weighted by Crippen LogP contribution is -2.31. The summed E-state index contributed by atoms with van der Waals surface area (Å²) in [6.45, 7) is 2.32. The Morgan fingerprint density at radius 3 is 2.69 bits per heavy atom. The summed E-state index contributed by atoms with van der Waals surface area (Å²) in [5.74, 6) is -1.33. The normalized spacial score (nSPS) is 15.8. The van der Waals surface area contributed by atoms with Crippen molar-refractivity contribution in [1.29, 1.82) is 0 Å². The zero-order chi connectivity index (χ0) is 24.7. The number of rotatable bonds is 6. The lowest BCUT2D eigenvalue weighted by molar-refractivity contribution is -0.117. The minimum Gasteiger partial charge on any atom is -0.503 e. The summed E-state index contributed by atoms with van der Waals surface area (Å²) in [5.41, 5.74) is 1.47. The van der Waals surface area contributed by atoms with E-state index < -0.39 is 23.5 Å². The molecule has 0 radical (unpaired) electrons. The zero-order valence-electron chi connectivity index (χ0n) is 18.5. The van der Waals surface area contributed by atoms with E-state index in [1.807, 2.05) is 13.0 Å². The predicted molar refractivity (Wildman–Crippen MR) is 137 cm³/mol. The molecular weight excluding hydrogens is 534 g/mol. The van der Waals surface area contributed by atoms with Crippen molar-refractivity contribution >= 4 is 55.9 Å². The third kappa shape index (κ3) is 4.22. The number of anilines is 1. The summed E-state index contributed by atoms with van der Waals surface area (Å²) >= 11 is 9.61. The van der Waals surface area contributed by atoms with Crippen LogP contribution < -0.4 is 9.64 Å². The van der Waals surface area contributed by atoms with Crippen molar-refractivity contribution in [3.63, 3.8) is 0 Å². The van der Waals surface area contributed by atoms with Gasteiger partial charge in [0.2, 0.25) is 5.78 Å². The maximum absolute atomic E-state index is 13.7. The highest BCUT2D eigenvalue weighted by atomic mass is 79.9. The number of hydrogen-bond acceptors (Lipinski definition) is 5. The van der Waals surface area contributed by atoms with Crippen molar-refractivity contribution in [2.75, 3.05) is 11.5 Å². The van der Waals surface area contributed by atoms with E-state index in [4.69, 9.17) is 20.8 Å². The SMILES string of the molecule is CCOc1cccc(C2C(C(=O)c3cc4cc(Br)ccc4o3)=C(O)C(=O)N2c2cccc(Cl)c2)c1. The number of amides is 1. The van der Waals surface area contributed by atoms with Crippen molar-refractivity contribution in [3.05, 3.63) is 105 Å². The van der Waals surface area contributed by atoms with Crippen LogP contribution in [0.15, 0.2) is 93.0 Å². The Morgan fingerprint density at radius 1 is 1.11 bits per heavy atom. The van der Waals surface area contributed by atoms with E-state index in [1.54, 1.807) is 66.7 Å². The lowest BCUT2D eigenvalue weighted by atomic mass is 9.94. The first-order valence-corrected chi connectivity index (χ1v) is 12.0. The molecule has 6 nitrogen and oxygen atoms in total. The third-order valence-corrected chi connectivity index (χ3v) is 6.45. The van der Waals surface area contributed by atoms with Crippen molar-refractivity contribution < 1.29 is 23.8 Å². The van der Waals surface area contributed by atoms with Gasteiger partial charge in [-0.1, -0.05) is 45.7 Å². The first-order chi connectivity index (χ1) is 16.9. The van der Waals surface area contributed by atoms with Gasteiger partial charge in [0.1, 0.15) is 11.3 Å². The number of furan rings is 1. The second-order valence-electron chi connectivity index (χ2n) is 7.95. The van der Waals surface area contributed by atoms with Gasteiger partial charge in [-0.15, -0.1) is 0 Å². The standard InChI is InChI=1S/C27H19BrClNO5/c1-2-34-20-8-3-5-15(12-20)24-23(25(31)22-13-16-11-17(28)9-10-21(16)35-22)26(32)27(33)30(24)19-7-4-6-18(29)14-19/h3-14,24,32H,2H2,1H3. The van der Waals surface area contributed by atoms with Crippen LogP contribution in [-0.2, 0) is 4.79 Å².